The first-order valence-corrected chi connectivity index (χ1v) is 7.62. The van der Waals surface area contributed by atoms with Crippen molar-refractivity contribution in [2.24, 2.45) is 10.5 Å². The Morgan fingerprint density at radius 3 is 2.17 bits per heavy atom. The van der Waals surface area contributed by atoms with E-state index in [-0.39, 0.29) is 5.97 Å². The van der Waals surface area contributed by atoms with Crippen LogP contribution >= 0.6 is 0 Å². The molecule has 0 radical (unpaired) electrons. The molecular weight excluding hydrogens is 288 g/mol. The fraction of sp³-hybridized carbons (Fsp3) is 0.263. The highest BCUT2D eigenvalue weighted by molar-refractivity contribution is 6.10. The van der Waals surface area contributed by atoms with Crippen molar-refractivity contribution in [3.8, 4) is 0 Å². The van der Waals surface area contributed by atoms with Gasteiger partial charge in [0.15, 0.2) is 6.04 Å². The number of rotatable bonds is 3. The van der Waals surface area contributed by atoms with Crippen molar-refractivity contribution >= 4 is 17.4 Å². The van der Waals surface area contributed by atoms with Gasteiger partial charge < -0.3 is 4.74 Å². The SMILES string of the molecule is COC(=O)[C@H]1N(c2ccccc2)N=C(c2ccccc2)C1(C)C. The van der Waals surface area contributed by atoms with Crippen molar-refractivity contribution in [3.63, 3.8) is 0 Å². The Hall–Kier alpha value is -2.62. The summed E-state index contributed by atoms with van der Waals surface area (Å²) in [6, 6.07) is 19.2. The molecule has 1 aliphatic rings. The molecule has 4 heteroatoms. The molecule has 1 atom stereocenters. The number of hydrogen-bond donors (Lipinski definition) is 0. The van der Waals surface area contributed by atoms with Crippen LogP contribution in [0.15, 0.2) is 65.8 Å². The van der Waals surface area contributed by atoms with Crippen molar-refractivity contribution in [2.45, 2.75) is 19.9 Å². The minimum Gasteiger partial charge on any atom is -0.467 e. The Balaban J connectivity index is 2.12. The van der Waals surface area contributed by atoms with E-state index in [0.29, 0.717) is 0 Å². The Labute approximate surface area is 136 Å². The smallest absolute Gasteiger partial charge is 0.331 e. The summed E-state index contributed by atoms with van der Waals surface area (Å²) in [4.78, 5) is 12.5. The Morgan fingerprint density at radius 1 is 1.04 bits per heavy atom. The molecule has 118 valence electrons. The van der Waals surface area contributed by atoms with Crippen LogP contribution in [-0.2, 0) is 9.53 Å². The van der Waals surface area contributed by atoms with Crippen LogP contribution < -0.4 is 5.01 Å². The summed E-state index contributed by atoms with van der Waals surface area (Å²) in [5.41, 5.74) is 2.31. The molecule has 0 spiro atoms. The van der Waals surface area contributed by atoms with Crippen LogP contribution in [0.3, 0.4) is 0 Å². The lowest BCUT2D eigenvalue weighted by Crippen LogP contribution is -2.46. The van der Waals surface area contributed by atoms with Gasteiger partial charge in [0, 0.05) is 5.41 Å². The highest BCUT2D eigenvalue weighted by Crippen LogP contribution is 2.39. The van der Waals surface area contributed by atoms with Crippen LogP contribution in [0, 0.1) is 5.41 Å². The largest absolute Gasteiger partial charge is 0.467 e. The minimum atomic E-state index is -0.495. The number of carbonyl (C=O) groups excluding carboxylic acids is 1. The molecule has 3 rings (SSSR count). The van der Waals surface area contributed by atoms with E-state index < -0.39 is 11.5 Å². The molecule has 23 heavy (non-hydrogen) atoms. The van der Waals surface area contributed by atoms with Gasteiger partial charge in [-0.25, -0.2) is 9.80 Å². The normalized spacial score (nSPS) is 19.3. The van der Waals surface area contributed by atoms with Gasteiger partial charge in [0.05, 0.1) is 18.5 Å². The van der Waals surface area contributed by atoms with Gasteiger partial charge >= 0.3 is 5.97 Å². The summed E-state index contributed by atoms with van der Waals surface area (Å²) in [5, 5.41) is 6.55. The number of carbonyl (C=O) groups is 1. The average molecular weight is 308 g/mol. The lowest BCUT2D eigenvalue weighted by atomic mass is 9.78. The zero-order valence-electron chi connectivity index (χ0n) is 13.6. The molecule has 0 saturated carbocycles. The molecule has 0 N–H and O–H groups in total. The second kappa shape index (κ2) is 5.88. The fourth-order valence-electron chi connectivity index (χ4n) is 3.05. The van der Waals surface area contributed by atoms with E-state index in [4.69, 9.17) is 9.84 Å². The van der Waals surface area contributed by atoms with Gasteiger partial charge in [0.25, 0.3) is 0 Å². The molecule has 0 aliphatic carbocycles. The van der Waals surface area contributed by atoms with Crippen molar-refractivity contribution < 1.29 is 9.53 Å². The monoisotopic (exact) mass is 308 g/mol. The topological polar surface area (TPSA) is 41.9 Å². The van der Waals surface area contributed by atoms with Gasteiger partial charge in [0.1, 0.15) is 0 Å². The molecule has 0 unspecified atom stereocenters. The lowest BCUT2D eigenvalue weighted by Gasteiger charge is -2.30. The van der Waals surface area contributed by atoms with Gasteiger partial charge in [-0.15, -0.1) is 0 Å². The van der Waals surface area contributed by atoms with Gasteiger partial charge in [-0.3, -0.25) is 0 Å². The van der Waals surface area contributed by atoms with Crippen LogP contribution in [0.4, 0.5) is 5.69 Å². The molecule has 1 heterocycles. The highest BCUT2D eigenvalue weighted by Gasteiger charge is 2.50. The van der Waals surface area contributed by atoms with E-state index in [1.807, 2.05) is 74.5 Å². The third-order valence-electron chi connectivity index (χ3n) is 4.24. The number of hydrogen-bond acceptors (Lipinski definition) is 4. The van der Waals surface area contributed by atoms with E-state index in [1.54, 1.807) is 5.01 Å². The number of methoxy groups -OCH3 is 1. The summed E-state index contributed by atoms with van der Waals surface area (Å²) in [6.07, 6.45) is 0. The number of anilines is 1. The maximum absolute atomic E-state index is 12.5. The molecule has 2 aromatic carbocycles. The standard InChI is InChI=1S/C19H20N2O2/c1-19(2)16(14-10-6-4-7-11-14)20-21(17(19)18(22)23-3)15-12-8-5-9-13-15/h4-13,17H,1-3H3/t17-/m1/s1. The predicted molar refractivity (Wildman–Crippen MR) is 91.5 cm³/mol. The number of benzene rings is 2. The third kappa shape index (κ3) is 2.61. The zero-order valence-corrected chi connectivity index (χ0v) is 13.6. The van der Waals surface area contributed by atoms with Crippen molar-refractivity contribution in [1.82, 2.24) is 0 Å². The fourth-order valence-corrected chi connectivity index (χ4v) is 3.05. The van der Waals surface area contributed by atoms with Crippen LogP contribution in [0.25, 0.3) is 0 Å². The molecule has 0 fully saturated rings. The first-order valence-electron chi connectivity index (χ1n) is 7.62. The molecule has 0 bridgehead atoms. The number of para-hydroxylation sites is 1. The molecule has 2 aromatic rings. The first kappa shape index (κ1) is 15.3. The molecule has 4 nitrogen and oxygen atoms in total. The molecule has 0 saturated heterocycles. The summed E-state index contributed by atoms with van der Waals surface area (Å²) in [7, 11) is 1.42. The summed E-state index contributed by atoms with van der Waals surface area (Å²) in [6.45, 7) is 4.06. The molecule has 0 amide bonds. The van der Waals surface area contributed by atoms with Crippen molar-refractivity contribution in [1.29, 1.82) is 0 Å². The van der Waals surface area contributed by atoms with E-state index in [2.05, 4.69) is 0 Å². The summed E-state index contributed by atoms with van der Waals surface area (Å²) in [5.74, 6) is -0.284. The van der Waals surface area contributed by atoms with Gasteiger partial charge in [-0.2, -0.15) is 5.10 Å². The van der Waals surface area contributed by atoms with Gasteiger partial charge in [-0.05, 0) is 17.7 Å². The predicted octanol–water partition coefficient (Wildman–Crippen LogP) is 3.48. The number of nitrogens with zero attached hydrogens (tertiary/aromatic N) is 2. The van der Waals surface area contributed by atoms with Crippen LogP contribution in [0.2, 0.25) is 0 Å². The van der Waals surface area contributed by atoms with Crippen LogP contribution in [0.5, 0.6) is 0 Å². The van der Waals surface area contributed by atoms with Crippen molar-refractivity contribution in [2.75, 3.05) is 12.1 Å². The number of ether oxygens (including phenoxy) is 1. The van der Waals surface area contributed by atoms with E-state index in [1.165, 1.54) is 7.11 Å². The van der Waals surface area contributed by atoms with E-state index in [0.717, 1.165) is 17.0 Å². The Morgan fingerprint density at radius 2 is 1.61 bits per heavy atom. The second-order valence-electron chi connectivity index (χ2n) is 6.14. The highest BCUT2D eigenvalue weighted by atomic mass is 16.5. The molecule has 0 aromatic heterocycles. The molecular formula is C19H20N2O2. The van der Waals surface area contributed by atoms with Crippen LogP contribution in [-0.4, -0.2) is 24.8 Å². The lowest BCUT2D eigenvalue weighted by molar-refractivity contribution is -0.143. The number of hydrazone groups is 1. The van der Waals surface area contributed by atoms with Gasteiger partial charge in [0.2, 0.25) is 0 Å². The zero-order chi connectivity index (χ0) is 16.4. The summed E-state index contributed by atoms with van der Waals surface area (Å²) >= 11 is 0. The number of esters is 1. The van der Waals surface area contributed by atoms with E-state index >= 15 is 0 Å². The minimum absolute atomic E-state index is 0.284. The van der Waals surface area contributed by atoms with Crippen molar-refractivity contribution in [3.05, 3.63) is 66.2 Å². The maximum Gasteiger partial charge on any atom is 0.331 e. The second-order valence-corrected chi connectivity index (χ2v) is 6.14. The first-order chi connectivity index (χ1) is 11.1. The maximum atomic E-state index is 12.5. The summed E-state index contributed by atoms with van der Waals surface area (Å²) < 4.78 is 5.05. The third-order valence-corrected chi connectivity index (χ3v) is 4.24. The van der Waals surface area contributed by atoms with Crippen LogP contribution in [0.1, 0.15) is 19.4 Å². The van der Waals surface area contributed by atoms with E-state index in [9.17, 15) is 4.79 Å². The quantitative estimate of drug-likeness (QED) is 0.815. The Kier molecular flexibility index (Phi) is 3.90. The molecule has 1 aliphatic heterocycles. The average Bonchev–Trinajstić information content (AvgIpc) is 2.87. The van der Waals surface area contributed by atoms with Gasteiger partial charge in [-0.1, -0.05) is 62.4 Å². The Bertz CT molecular complexity index is 724.